The van der Waals surface area contributed by atoms with Gasteiger partial charge in [0.1, 0.15) is 5.82 Å². The molecule has 2 unspecified atom stereocenters. The molecule has 116 valence electrons. The van der Waals surface area contributed by atoms with E-state index in [1.165, 1.54) is 18.9 Å². The van der Waals surface area contributed by atoms with E-state index in [0.717, 1.165) is 50.4 Å². The van der Waals surface area contributed by atoms with Gasteiger partial charge in [-0.1, -0.05) is 19.1 Å². The van der Waals surface area contributed by atoms with Gasteiger partial charge in [0, 0.05) is 18.6 Å². The first-order valence-electron chi connectivity index (χ1n) is 8.30. The van der Waals surface area contributed by atoms with Crippen molar-refractivity contribution < 1.29 is 9.13 Å². The van der Waals surface area contributed by atoms with Gasteiger partial charge in [-0.25, -0.2) is 4.39 Å². The average molecular weight is 291 g/mol. The van der Waals surface area contributed by atoms with Crippen LogP contribution in [0.15, 0.2) is 24.3 Å². The second-order valence-electron chi connectivity index (χ2n) is 6.72. The maximum Gasteiger partial charge on any atom is 0.123 e. The molecule has 0 aromatic heterocycles. The number of nitrogens with one attached hydrogen (secondary N) is 1. The van der Waals surface area contributed by atoms with Gasteiger partial charge in [0.15, 0.2) is 0 Å². The Bertz CT molecular complexity index is 474. The number of halogens is 1. The zero-order chi connectivity index (χ0) is 14.7. The molecule has 1 aromatic carbocycles. The van der Waals surface area contributed by atoms with Crippen LogP contribution in [0.25, 0.3) is 0 Å². The summed E-state index contributed by atoms with van der Waals surface area (Å²) >= 11 is 0. The molecule has 1 aromatic rings. The van der Waals surface area contributed by atoms with Crippen LogP contribution in [0.4, 0.5) is 4.39 Å². The monoisotopic (exact) mass is 291 g/mol. The lowest BCUT2D eigenvalue weighted by Gasteiger charge is -2.35. The molecule has 2 atom stereocenters. The van der Waals surface area contributed by atoms with Crippen LogP contribution in [0, 0.1) is 17.2 Å². The van der Waals surface area contributed by atoms with Gasteiger partial charge in [-0.3, -0.25) is 0 Å². The van der Waals surface area contributed by atoms with Gasteiger partial charge in [0.05, 0.1) is 6.10 Å². The molecule has 2 nitrogen and oxygen atoms in total. The van der Waals surface area contributed by atoms with Gasteiger partial charge >= 0.3 is 0 Å². The van der Waals surface area contributed by atoms with Crippen LogP contribution in [-0.2, 0) is 11.2 Å². The van der Waals surface area contributed by atoms with Gasteiger partial charge in [-0.2, -0.15) is 0 Å². The highest BCUT2D eigenvalue weighted by molar-refractivity contribution is 5.20. The summed E-state index contributed by atoms with van der Waals surface area (Å²) in [6.07, 6.45) is 6.09. The number of hydrogen-bond acceptors (Lipinski definition) is 2. The third-order valence-electron chi connectivity index (χ3n) is 4.90. The molecule has 1 heterocycles. The highest BCUT2D eigenvalue weighted by atomic mass is 19.1. The minimum atomic E-state index is -0.133. The van der Waals surface area contributed by atoms with Crippen molar-refractivity contribution in [2.75, 3.05) is 19.7 Å². The van der Waals surface area contributed by atoms with Gasteiger partial charge in [0.2, 0.25) is 0 Å². The second kappa shape index (κ2) is 6.45. The first-order valence-corrected chi connectivity index (χ1v) is 8.30. The summed E-state index contributed by atoms with van der Waals surface area (Å²) in [5.74, 6) is 0.593. The molecule has 0 amide bonds. The van der Waals surface area contributed by atoms with Gasteiger partial charge in [0.25, 0.3) is 0 Å². The highest BCUT2D eigenvalue weighted by Crippen LogP contribution is 2.49. The smallest absolute Gasteiger partial charge is 0.123 e. The summed E-state index contributed by atoms with van der Waals surface area (Å²) in [5.41, 5.74) is 1.24. The molecule has 2 fully saturated rings. The van der Waals surface area contributed by atoms with Crippen LogP contribution in [0.2, 0.25) is 0 Å². The van der Waals surface area contributed by atoms with Crippen LogP contribution in [0.1, 0.15) is 38.2 Å². The van der Waals surface area contributed by atoms with Crippen LogP contribution in [0.3, 0.4) is 0 Å². The lowest BCUT2D eigenvalue weighted by Crippen LogP contribution is -2.43. The van der Waals surface area contributed by atoms with Crippen LogP contribution in [0.5, 0.6) is 0 Å². The van der Waals surface area contributed by atoms with Crippen molar-refractivity contribution in [3.63, 3.8) is 0 Å². The molecule has 0 bridgehead atoms. The Hall–Kier alpha value is -0.930. The quantitative estimate of drug-likeness (QED) is 0.776. The molecule has 1 saturated carbocycles. The molecule has 2 aliphatic rings. The maximum atomic E-state index is 13.5. The van der Waals surface area contributed by atoms with Crippen molar-refractivity contribution in [1.82, 2.24) is 5.32 Å². The predicted molar refractivity (Wildman–Crippen MR) is 82.8 cm³/mol. The average Bonchev–Trinajstić information content (AvgIpc) is 3.22. The number of ether oxygens (including phenoxy) is 1. The first-order chi connectivity index (χ1) is 10.2. The number of hydrogen-bond donors (Lipinski definition) is 1. The molecule has 3 heteroatoms. The largest absolute Gasteiger partial charge is 0.377 e. The first kappa shape index (κ1) is 15.0. The second-order valence-corrected chi connectivity index (χ2v) is 6.72. The fourth-order valence-electron chi connectivity index (χ4n) is 3.75. The Morgan fingerprint density at radius 3 is 2.95 bits per heavy atom. The van der Waals surface area contributed by atoms with E-state index in [9.17, 15) is 4.39 Å². The molecule has 0 spiro atoms. The van der Waals surface area contributed by atoms with Crippen molar-refractivity contribution in [2.45, 2.75) is 45.1 Å². The standard InChI is InChI=1S/C18H26FNO/c1-2-9-20-13-18(8-10-21-17(18)15-6-7-15)12-14-4-3-5-16(19)11-14/h3-5,11,15,17,20H,2,6-10,12-13H2,1H3. The van der Waals surface area contributed by atoms with Crippen LogP contribution >= 0.6 is 0 Å². The molecular formula is C18H26FNO. The molecule has 21 heavy (non-hydrogen) atoms. The van der Waals surface area contributed by atoms with Crippen molar-refractivity contribution in [3.05, 3.63) is 35.6 Å². The molecule has 0 radical (unpaired) electrons. The zero-order valence-corrected chi connectivity index (χ0v) is 12.9. The van der Waals surface area contributed by atoms with Crippen LogP contribution < -0.4 is 5.32 Å². The molecule has 3 rings (SSSR count). The minimum absolute atomic E-state index is 0.133. The van der Waals surface area contributed by atoms with E-state index >= 15 is 0 Å². The Balaban J connectivity index is 1.77. The number of rotatable bonds is 7. The number of benzene rings is 1. The fraction of sp³-hybridized carbons (Fsp3) is 0.667. The van der Waals surface area contributed by atoms with Crippen molar-refractivity contribution >= 4 is 0 Å². The van der Waals surface area contributed by atoms with Crippen molar-refractivity contribution in [3.8, 4) is 0 Å². The van der Waals surface area contributed by atoms with Crippen molar-refractivity contribution in [1.29, 1.82) is 0 Å². The van der Waals surface area contributed by atoms with E-state index in [2.05, 4.69) is 12.2 Å². The third-order valence-corrected chi connectivity index (χ3v) is 4.90. The van der Waals surface area contributed by atoms with E-state index in [4.69, 9.17) is 4.74 Å². The molecule has 1 N–H and O–H groups in total. The molecule has 1 saturated heterocycles. The van der Waals surface area contributed by atoms with E-state index < -0.39 is 0 Å². The lowest BCUT2D eigenvalue weighted by atomic mass is 9.74. The summed E-state index contributed by atoms with van der Waals surface area (Å²) in [4.78, 5) is 0. The topological polar surface area (TPSA) is 21.3 Å². The SMILES string of the molecule is CCCNCC1(Cc2cccc(F)c2)CCOC1C1CC1. The van der Waals surface area contributed by atoms with Gasteiger partial charge in [-0.05, 0) is 62.3 Å². The zero-order valence-electron chi connectivity index (χ0n) is 12.9. The van der Waals surface area contributed by atoms with Gasteiger partial charge < -0.3 is 10.1 Å². The molecular weight excluding hydrogens is 265 g/mol. The minimum Gasteiger partial charge on any atom is -0.377 e. The summed E-state index contributed by atoms with van der Waals surface area (Å²) in [7, 11) is 0. The summed E-state index contributed by atoms with van der Waals surface area (Å²) in [5, 5.41) is 3.59. The maximum absolute atomic E-state index is 13.5. The van der Waals surface area contributed by atoms with E-state index in [0.29, 0.717) is 6.10 Å². The Kier molecular flexibility index (Phi) is 4.60. The van der Waals surface area contributed by atoms with Crippen LogP contribution in [-0.4, -0.2) is 25.8 Å². The summed E-state index contributed by atoms with van der Waals surface area (Å²) < 4.78 is 19.6. The van der Waals surface area contributed by atoms with E-state index in [-0.39, 0.29) is 11.2 Å². The predicted octanol–water partition coefficient (Wildman–Crippen LogP) is 3.55. The Morgan fingerprint density at radius 1 is 1.38 bits per heavy atom. The van der Waals surface area contributed by atoms with E-state index in [1.807, 2.05) is 12.1 Å². The normalized spacial score (nSPS) is 29.0. The van der Waals surface area contributed by atoms with Crippen molar-refractivity contribution in [2.24, 2.45) is 11.3 Å². The van der Waals surface area contributed by atoms with E-state index in [1.54, 1.807) is 6.07 Å². The molecule has 1 aliphatic carbocycles. The summed E-state index contributed by atoms with van der Waals surface area (Å²) in [6.45, 7) is 5.07. The molecule has 1 aliphatic heterocycles. The highest BCUT2D eigenvalue weighted by Gasteiger charge is 2.50. The Labute approximate surface area is 127 Å². The lowest BCUT2D eigenvalue weighted by molar-refractivity contribution is 0.0307. The Morgan fingerprint density at radius 2 is 2.24 bits per heavy atom. The summed E-state index contributed by atoms with van der Waals surface area (Å²) in [6, 6.07) is 7.07. The van der Waals surface area contributed by atoms with Gasteiger partial charge in [-0.15, -0.1) is 0 Å². The third kappa shape index (κ3) is 3.46. The fourth-order valence-corrected chi connectivity index (χ4v) is 3.75.